The summed E-state index contributed by atoms with van der Waals surface area (Å²) in [7, 11) is -4.60. The Morgan fingerprint density at radius 2 is 1.17 bits per heavy atom. The van der Waals surface area contributed by atoms with Gasteiger partial charge in [0.05, 0.1) is 37.3 Å². The lowest BCUT2D eigenvalue weighted by molar-refractivity contribution is -0.140. The van der Waals surface area contributed by atoms with Crippen LogP contribution in [-0.2, 0) is 34.1 Å². The van der Waals surface area contributed by atoms with Crippen LogP contribution in [0.3, 0.4) is 0 Å². The van der Waals surface area contributed by atoms with Crippen LogP contribution in [0, 0.1) is 13.8 Å². The van der Waals surface area contributed by atoms with Gasteiger partial charge in [-0.15, -0.1) is 5.11 Å². The summed E-state index contributed by atoms with van der Waals surface area (Å²) in [6, 6.07) is 15.2. The molecule has 2 amide bonds. The summed E-state index contributed by atoms with van der Waals surface area (Å²) in [5.41, 5.74) is 16.0. The zero-order valence-electron chi connectivity index (χ0n) is 38.5. The molecule has 0 spiro atoms. The van der Waals surface area contributed by atoms with Crippen LogP contribution in [0.5, 0.6) is 5.75 Å². The summed E-state index contributed by atoms with van der Waals surface area (Å²) in [5, 5.41) is 53.9. The second-order valence-electron chi connectivity index (χ2n) is 16.9. The Labute approximate surface area is 399 Å². The minimum atomic E-state index is -4.60. The summed E-state index contributed by atoms with van der Waals surface area (Å²) in [5.74, 6) is -4.50. The van der Waals surface area contributed by atoms with Crippen molar-refractivity contribution in [1.82, 2.24) is 24.9 Å². The van der Waals surface area contributed by atoms with Crippen molar-refractivity contribution >= 4 is 73.4 Å². The zero-order chi connectivity index (χ0) is 50.4. The highest BCUT2D eigenvalue weighted by Crippen LogP contribution is 2.41. The number of anilines is 2. The number of carbonyl (C=O) groups excluding carboxylic acids is 2. The molecule has 1 saturated heterocycles. The molecule has 1 aliphatic rings. The molecular weight excluding hydrogens is 917 g/mol. The fraction of sp³-hybridized carbons (Fsp3) is 0.413. The minimum Gasteiger partial charge on any atom is -0.505 e. The number of aryl methyl sites for hydroxylation is 2. The smallest absolute Gasteiger partial charge is 0.317 e. The lowest BCUT2D eigenvalue weighted by Crippen LogP contribution is -2.51. The number of carboxylic acids is 3. The number of amides is 2. The van der Waals surface area contributed by atoms with Gasteiger partial charge in [-0.25, -0.2) is 0 Å². The second-order valence-corrected chi connectivity index (χ2v) is 18.3. The van der Waals surface area contributed by atoms with E-state index in [1.807, 2.05) is 38.1 Å². The van der Waals surface area contributed by atoms with Crippen molar-refractivity contribution in [2.75, 3.05) is 96.1 Å². The second kappa shape index (κ2) is 24.6. The van der Waals surface area contributed by atoms with Gasteiger partial charge in [-0.2, -0.15) is 13.5 Å². The van der Waals surface area contributed by atoms with E-state index >= 15 is 0 Å². The summed E-state index contributed by atoms with van der Waals surface area (Å²) in [6.07, 6.45) is 1.46. The molecule has 0 aliphatic carbocycles. The van der Waals surface area contributed by atoms with Crippen LogP contribution in [0.2, 0.25) is 0 Å². The number of aromatic hydroxyl groups is 1. The van der Waals surface area contributed by atoms with Gasteiger partial charge in [-0.3, -0.25) is 48.1 Å². The molecular formula is C46H60N10O12S. The van der Waals surface area contributed by atoms with Crippen LogP contribution >= 0.6 is 0 Å². The number of rotatable bonds is 19. The molecule has 11 N–H and O–H groups in total. The largest absolute Gasteiger partial charge is 0.505 e. The molecule has 1 atom stereocenters. The van der Waals surface area contributed by atoms with E-state index in [1.165, 1.54) is 18.2 Å². The number of hydrogen-bond donors (Lipinski definition) is 9. The first-order chi connectivity index (χ1) is 32.7. The third-order valence-corrected chi connectivity index (χ3v) is 12.6. The van der Waals surface area contributed by atoms with Gasteiger partial charge >= 0.3 is 17.9 Å². The number of phenolic OH excluding ortho intramolecular Hbond substituents is 1. The van der Waals surface area contributed by atoms with Crippen molar-refractivity contribution < 1.29 is 57.4 Å². The SMILES string of the molecule is Cc1cc(-c2ccc(NC(=O)[C@H](CCCCN)NC(=O)CN3CCN(CC(=O)O)CCN(CC(=O)O)CCN(CC(=O)O)CC3)c(C)c2)ccc1N=Nc1ccc2c(S(=O)(=O)O)ccc(N)c2c1O. The van der Waals surface area contributed by atoms with Crippen molar-refractivity contribution in [3.8, 4) is 16.9 Å². The van der Waals surface area contributed by atoms with E-state index in [9.17, 15) is 57.4 Å². The maximum atomic E-state index is 13.9. The van der Waals surface area contributed by atoms with Gasteiger partial charge in [0.2, 0.25) is 11.8 Å². The molecule has 1 heterocycles. The molecule has 5 rings (SSSR count). The van der Waals surface area contributed by atoms with Crippen molar-refractivity contribution in [1.29, 1.82) is 0 Å². The number of benzene rings is 4. The Balaban J connectivity index is 1.27. The van der Waals surface area contributed by atoms with Gasteiger partial charge in [-0.05, 0) is 104 Å². The first-order valence-electron chi connectivity index (χ1n) is 22.2. The number of aliphatic carboxylic acids is 3. The molecule has 4 aromatic carbocycles. The van der Waals surface area contributed by atoms with E-state index in [2.05, 4.69) is 20.9 Å². The number of nitrogens with one attached hydrogen (secondary N) is 2. The highest BCUT2D eigenvalue weighted by atomic mass is 32.2. The maximum Gasteiger partial charge on any atom is 0.317 e. The minimum absolute atomic E-state index is 0.00455. The topological polar surface area (TPSA) is 334 Å². The molecule has 372 valence electrons. The number of fused-ring (bicyclic) bond motifs is 1. The number of nitrogens with zero attached hydrogens (tertiary/aromatic N) is 6. The van der Waals surface area contributed by atoms with Gasteiger partial charge in [0.25, 0.3) is 10.1 Å². The Kier molecular flexibility index (Phi) is 19.0. The fourth-order valence-electron chi connectivity index (χ4n) is 7.97. The standard InChI is InChI=1S/C46H60N10O12S/c1-29-23-31(32-7-11-36(30(2)24-32)51-52-37-12-8-33-39(69(66,67)68)13-9-34(48)44(33)45(37)64)6-10-35(29)50-46(65)38(5-3-4-14-47)49-40(57)25-53-15-17-54(26-41(58)59)19-21-56(28-43(62)63)22-20-55(18-16-53)27-42(60)61/h6-13,23-24,38,64H,3-5,14-22,25-28,47-48H2,1-2H3,(H,49,57)(H,50,65)(H,58,59)(H,60,61)(H,62,63)(H,66,67,68)/t38-/m0/s1. The average molecular weight is 977 g/mol. The first kappa shape index (κ1) is 53.4. The Bertz CT molecular complexity index is 2630. The van der Waals surface area contributed by atoms with Crippen LogP contribution in [0.4, 0.5) is 22.7 Å². The van der Waals surface area contributed by atoms with E-state index in [0.717, 1.165) is 28.3 Å². The van der Waals surface area contributed by atoms with Crippen LogP contribution in [0.25, 0.3) is 21.9 Å². The van der Waals surface area contributed by atoms with Crippen LogP contribution in [-0.4, -0.2) is 174 Å². The zero-order valence-corrected chi connectivity index (χ0v) is 39.3. The van der Waals surface area contributed by atoms with Gasteiger partial charge in [0.1, 0.15) is 16.6 Å². The van der Waals surface area contributed by atoms with Crippen molar-refractivity contribution in [2.24, 2.45) is 16.0 Å². The Morgan fingerprint density at radius 1 is 0.681 bits per heavy atom. The quantitative estimate of drug-likeness (QED) is 0.0282. The molecule has 1 aliphatic heterocycles. The van der Waals surface area contributed by atoms with Gasteiger partial charge in [-0.1, -0.05) is 18.2 Å². The van der Waals surface area contributed by atoms with Crippen molar-refractivity contribution in [3.63, 3.8) is 0 Å². The lowest BCUT2D eigenvalue weighted by Gasteiger charge is -2.33. The first-order valence-corrected chi connectivity index (χ1v) is 23.7. The number of unbranched alkanes of at least 4 members (excludes halogenated alkanes) is 1. The van der Waals surface area contributed by atoms with Gasteiger partial charge in [0, 0.05) is 69.1 Å². The molecule has 0 radical (unpaired) electrons. The van der Waals surface area contributed by atoms with Gasteiger partial charge in [0.15, 0.2) is 5.75 Å². The number of carbonyl (C=O) groups is 5. The number of nitrogens with two attached hydrogens (primary N) is 2. The Morgan fingerprint density at radius 3 is 1.67 bits per heavy atom. The van der Waals surface area contributed by atoms with Crippen LogP contribution in [0.15, 0.2) is 75.8 Å². The van der Waals surface area contributed by atoms with Crippen LogP contribution in [0.1, 0.15) is 30.4 Å². The van der Waals surface area contributed by atoms with Gasteiger partial charge < -0.3 is 42.5 Å². The number of hydrogen-bond acceptors (Lipinski definition) is 16. The van der Waals surface area contributed by atoms with E-state index in [0.29, 0.717) is 37.2 Å². The fourth-order valence-corrected chi connectivity index (χ4v) is 8.66. The third kappa shape index (κ3) is 15.7. The molecule has 0 unspecified atom stereocenters. The molecule has 0 saturated carbocycles. The van der Waals surface area contributed by atoms with Crippen LogP contribution < -0.4 is 22.1 Å². The number of carboxylic acid groups (broad SMARTS) is 3. The monoisotopic (exact) mass is 976 g/mol. The predicted octanol–water partition coefficient (Wildman–Crippen LogP) is 3.10. The van der Waals surface area contributed by atoms with Crippen molar-refractivity contribution in [3.05, 3.63) is 71.8 Å². The average Bonchev–Trinajstić information content (AvgIpc) is 3.26. The normalized spacial score (nSPS) is 15.6. The molecule has 0 bridgehead atoms. The number of nitrogen functional groups attached to an aromatic ring is 1. The summed E-state index contributed by atoms with van der Waals surface area (Å²) in [6.45, 7) is 4.84. The number of azo groups is 1. The van der Waals surface area contributed by atoms with E-state index in [-0.39, 0.29) is 101 Å². The molecule has 23 heteroatoms. The third-order valence-electron chi connectivity index (χ3n) is 11.7. The Hall–Kier alpha value is -6.60. The number of phenols is 1. The van der Waals surface area contributed by atoms with Crippen molar-refractivity contribution in [2.45, 2.75) is 44.0 Å². The highest BCUT2D eigenvalue weighted by Gasteiger charge is 2.25. The highest BCUT2D eigenvalue weighted by molar-refractivity contribution is 7.86. The maximum absolute atomic E-state index is 13.9. The lowest BCUT2D eigenvalue weighted by atomic mass is 10.00. The summed E-state index contributed by atoms with van der Waals surface area (Å²) < 4.78 is 33.4. The molecule has 22 nitrogen and oxygen atoms in total. The van der Waals surface area contributed by atoms with E-state index in [1.54, 1.807) is 31.7 Å². The molecule has 1 fully saturated rings. The molecule has 69 heavy (non-hydrogen) atoms. The predicted molar refractivity (Wildman–Crippen MR) is 258 cm³/mol. The summed E-state index contributed by atoms with van der Waals surface area (Å²) >= 11 is 0. The molecule has 0 aromatic heterocycles. The van der Waals surface area contributed by atoms with E-state index in [4.69, 9.17) is 11.5 Å². The molecule has 4 aromatic rings. The summed E-state index contributed by atoms with van der Waals surface area (Å²) in [4.78, 5) is 68.9. The van der Waals surface area contributed by atoms with E-state index < -0.39 is 56.5 Å².